The van der Waals surface area contributed by atoms with E-state index in [9.17, 15) is 14.4 Å². The third-order valence-corrected chi connectivity index (χ3v) is 6.73. The Morgan fingerprint density at radius 1 is 1.09 bits per heavy atom. The average Bonchev–Trinajstić information content (AvgIpc) is 3.18. The number of anilines is 1. The Kier molecular flexibility index (Phi) is 6.69. The molecule has 0 saturated carbocycles. The summed E-state index contributed by atoms with van der Waals surface area (Å²) in [5.74, 6) is 0.102. The number of nitrogens with two attached hydrogens (primary N) is 1. The number of thioether (sulfide) groups is 1. The van der Waals surface area contributed by atoms with E-state index in [1.54, 1.807) is 6.92 Å². The van der Waals surface area contributed by atoms with E-state index in [0.29, 0.717) is 17.5 Å². The highest BCUT2D eigenvalue weighted by atomic mass is 32.2. The Morgan fingerprint density at radius 3 is 2.24 bits per heavy atom. The number of hydrogen-bond donors (Lipinski definition) is 1. The van der Waals surface area contributed by atoms with E-state index >= 15 is 0 Å². The van der Waals surface area contributed by atoms with Crippen molar-refractivity contribution < 1.29 is 4.79 Å². The molecule has 10 heteroatoms. The van der Waals surface area contributed by atoms with Crippen LogP contribution in [0.15, 0.2) is 39.0 Å². The van der Waals surface area contributed by atoms with Gasteiger partial charge in [-0.25, -0.2) is 4.79 Å². The molecule has 0 radical (unpaired) electrons. The van der Waals surface area contributed by atoms with Gasteiger partial charge in [0.2, 0.25) is 0 Å². The van der Waals surface area contributed by atoms with Crippen LogP contribution >= 0.6 is 11.8 Å². The Bertz CT molecular complexity index is 1310. The molecule has 176 valence electrons. The summed E-state index contributed by atoms with van der Waals surface area (Å²) < 4.78 is 3.91. The van der Waals surface area contributed by atoms with Gasteiger partial charge in [-0.3, -0.25) is 18.7 Å². The lowest BCUT2D eigenvalue weighted by molar-refractivity contribution is 0.0992. The molecule has 1 aromatic carbocycles. The predicted octanol–water partition coefficient (Wildman–Crippen LogP) is 2.61. The largest absolute Gasteiger partial charge is 0.384 e. The standard InChI is InChI=1S/C23H30N6O3S/c1-8-29-19(14-9-11-15(12-10-14)23(3,4)5)25-26-21(29)33-13(2)17(30)16-18(24)27(6)22(32)28(7)20(16)31/h9-13H,8,24H2,1-7H3. The maximum atomic E-state index is 13.1. The first-order valence-corrected chi connectivity index (χ1v) is 11.6. The topological polar surface area (TPSA) is 118 Å². The second kappa shape index (κ2) is 9.01. The van der Waals surface area contributed by atoms with Gasteiger partial charge in [0.15, 0.2) is 16.8 Å². The van der Waals surface area contributed by atoms with Crippen molar-refractivity contribution in [3.63, 3.8) is 0 Å². The molecule has 3 rings (SSSR count). The van der Waals surface area contributed by atoms with Crippen LogP contribution in [0.2, 0.25) is 0 Å². The fourth-order valence-corrected chi connectivity index (χ4v) is 4.47. The zero-order valence-electron chi connectivity index (χ0n) is 20.0. The van der Waals surface area contributed by atoms with Crippen LogP contribution in [0, 0.1) is 0 Å². The number of aromatic nitrogens is 5. The molecule has 0 aliphatic rings. The monoisotopic (exact) mass is 470 g/mol. The number of Topliss-reactive ketones (excluding diaryl/α,β-unsaturated/α-hetero) is 1. The summed E-state index contributed by atoms with van der Waals surface area (Å²) in [6.07, 6.45) is 0. The van der Waals surface area contributed by atoms with Gasteiger partial charge in [0.1, 0.15) is 11.4 Å². The minimum atomic E-state index is -0.704. The Balaban J connectivity index is 1.93. The molecule has 0 fully saturated rings. The Morgan fingerprint density at radius 2 is 1.70 bits per heavy atom. The van der Waals surface area contributed by atoms with Gasteiger partial charge in [0.05, 0.1) is 5.25 Å². The number of carbonyl (C=O) groups excluding carboxylic acids is 1. The van der Waals surface area contributed by atoms with Crippen molar-refractivity contribution in [2.24, 2.45) is 14.1 Å². The van der Waals surface area contributed by atoms with Crippen LogP contribution in [0.4, 0.5) is 5.82 Å². The van der Waals surface area contributed by atoms with Crippen LogP contribution < -0.4 is 17.0 Å². The van der Waals surface area contributed by atoms with Gasteiger partial charge in [-0.15, -0.1) is 10.2 Å². The lowest BCUT2D eigenvalue weighted by atomic mass is 9.87. The van der Waals surface area contributed by atoms with Crippen molar-refractivity contribution in [2.45, 2.75) is 57.0 Å². The summed E-state index contributed by atoms with van der Waals surface area (Å²) in [4.78, 5) is 37.8. The average molecular weight is 471 g/mol. The first-order valence-electron chi connectivity index (χ1n) is 10.7. The van der Waals surface area contributed by atoms with Crippen LogP contribution in [-0.4, -0.2) is 34.9 Å². The number of carbonyl (C=O) groups is 1. The van der Waals surface area contributed by atoms with Gasteiger partial charge < -0.3 is 10.3 Å². The van der Waals surface area contributed by atoms with Crippen molar-refractivity contribution in [1.29, 1.82) is 0 Å². The van der Waals surface area contributed by atoms with Gasteiger partial charge in [-0.2, -0.15) is 0 Å². The second-order valence-electron chi connectivity index (χ2n) is 8.97. The lowest BCUT2D eigenvalue weighted by Crippen LogP contribution is -2.42. The molecule has 2 heterocycles. The highest BCUT2D eigenvalue weighted by Crippen LogP contribution is 2.30. The summed E-state index contributed by atoms with van der Waals surface area (Å²) in [5.41, 5.74) is 6.67. The third-order valence-electron chi connectivity index (χ3n) is 5.65. The molecule has 2 aromatic heterocycles. The number of hydrogen-bond acceptors (Lipinski definition) is 7. The van der Waals surface area contributed by atoms with Gasteiger partial charge in [-0.05, 0) is 24.8 Å². The van der Waals surface area contributed by atoms with Crippen LogP contribution in [0.1, 0.15) is 50.5 Å². The summed E-state index contributed by atoms with van der Waals surface area (Å²) in [7, 11) is 2.75. The number of benzene rings is 1. The summed E-state index contributed by atoms with van der Waals surface area (Å²) in [6.45, 7) is 10.8. The Labute approximate surface area is 196 Å². The van der Waals surface area contributed by atoms with E-state index < -0.39 is 22.3 Å². The first-order chi connectivity index (χ1) is 15.4. The van der Waals surface area contributed by atoms with Crippen LogP contribution in [0.25, 0.3) is 11.4 Å². The minimum absolute atomic E-state index is 0.0492. The zero-order chi connectivity index (χ0) is 24.7. The summed E-state index contributed by atoms with van der Waals surface area (Å²) in [5, 5.41) is 8.55. The molecular weight excluding hydrogens is 440 g/mol. The molecule has 0 aliphatic heterocycles. The summed E-state index contributed by atoms with van der Waals surface area (Å²) in [6, 6.07) is 8.21. The van der Waals surface area contributed by atoms with E-state index in [0.717, 1.165) is 14.7 Å². The highest BCUT2D eigenvalue weighted by molar-refractivity contribution is 8.00. The second-order valence-corrected chi connectivity index (χ2v) is 10.3. The molecule has 3 aromatic rings. The van der Waals surface area contributed by atoms with Crippen LogP contribution in [0.5, 0.6) is 0 Å². The smallest absolute Gasteiger partial charge is 0.332 e. The predicted molar refractivity (Wildman–Crippen MR) is 131 cm³/mol. The minimum Gasteiger partial charge on any atom is -0.384 e. The van der Waals surface area contributed by atoms with Crippen molar-refractivity contribution in [2.75, 3.05) is 5.73 Å². The van der Waals surface area contributed by atoms with Crippen molar-refractivity contribution >= 4 is 23.4 Å². The zero-order valence-corrected chi connectivity index (χ0v) is 20.9. The van der Waals surface area contributed by atoms with E-state index in [1.165, 1.54) is 31.4 Å². The number of ketones is 1. The molecule has 1 unspecified atom stereocenters. The first kappa shape index (κ1) is 24.5. The van der Waals surface area contributed by atoms with E-state index in [1.807, 2.05) is 23.6 Å². The molecular formula is C23H30N6O3S. The normalized spacial score (nSPS) is 12.7. The van der Waals surface area contributed by atoms with Crippen LogP contribution in [0.3, 0.4) is 0 Å². The molecule has 0 spiro atoms. The molecule has 1 atom stereocenters. The van der Waals surface area contributed by atoms with E-state index in [4.69, 9.17) is 5.73 Å². The molecule has 0 amide bonds. The lowest BCUT2D eigenvalue weighted by Gasteiger charge is -2.19. The maximum absolute atomic E-state index is 13.1. The van der Waals surface area contributed by atoms with E-state index in [-0.39, 0.29) is 16.8 Å². The van der Waals surface area contributed by atoms with Crippen molar-refractivity contribution in [3.05, 3.63) is 56.2 Å². The maximum Gasteiger partial charge on any atom is 0.332 e. The SMILES string of the molecule is CCn1c(SC(C)C(=O)c2c(N)n(C)c(=O)n(C)c2=O)nnc1-c1ccc(C(C)(C)C)cc1. The van der Waals surface area contributed by atoms with Crippen LogP contribution in [-0.2, 0) is 26.1 Å². The van der Waals surface area contributed by atoms with Gasteiger partial charge >= 0.3 is 5.69 Å². The molecule has 0 aliphatic carbocycles. The Hall–Kier alpha value is -3.14. The summed E-state index contributed by atoms with van der Waals surface area (Å²) >= 11 is 1.20. The van der Waals surface area contributed by atoms with Crippen molar-refractivity contribution in [3.8, 4) is 11.4 Å². The quantitative estimate of drug-likeness (QED) is 0.434. The van der Waals surface area contributed by atoms with Gasteiger partial charge in [-0.1, -0.05) is 56.8 Å². The number of nitrogens with zero attached hydrogens (tertiary/aromatic N) is 5. The molecule has 2 N–H and O–H groups in total. The number of rotatable bonds is 6. The molecule has 0 bridgehead atoms. The van der Waals surface area contributed by atoms with Gasteiger partial charge in [0.25, 0.3) is 5.56 Å². The van der Waals surface area contributed by atoms with Gasteiger partial charge in [0, 0.05) is 26.2 Å². The third kappa shape index (κ3) is 4.52. The van der Waals surface area contributed by atoms with Crippen molar-refractivity contribution in [1.82, 2.24) is 23.9 Å². The molecule has 9 nitrogen and oxygen atoms in total. The molecule has 33 heavy (non-hydrogen) atoms. The highest BCUT2D eigenvalue weighted by Gasteiger charge is 2.27. The molecule has 0 saturated heterocycles. The van der Waals surface area contributed by atoms with E-state index in [2.05, 4.69) is 43.1 Å². The fraction of sp³-hybridized carbons (Fsp3) is 0.435. The number of nitrogen functional groups attached to an aromatic ring is 1. The fourth-order valence-electron chi connectivity index (χ4n) is 3.50.